The van der Waals surface area contributed by atoms with E-state index in [1.54, 1.807) is 11.1 Å². The normalized spacial score (nSPS) is 15.6. The number of rotatable bonds is 1. The zero-order chi connectivity index (χ0) is 14.1. The van der Waals surface area contributed by atoms with E-state index < -0.39 is 0 Å². The van der Waals surface area contributed by atoms with E-state index in [-0.39, 0.29) is 5.91 Å². The second kappa shape index (κ2) is 5.38. The van der Waals surface area contributed by atoms with E-state index in [0.717, 1.165) is 16.5 Å². The van der Waals surface area contributed by atoms with Crippen LogP contribution in [0.25, 0.3) is 10.9 Å². The monoisotopic (exact) mass is 290 g/mol. The Hall–Kier alpha value is -1.65. The van der Waals surface area contributed by atoms with Crippen LogP contribution in [0.4, 0.5) is 0 Å². The molecule has 0 aliphatic carbocycles. The molecular weight excluding hydrogens is 276 g/mol. The number of benzene rings is 1. The van der Waals surface area contributed by atoms with Gasteiger partial charge >= 0.3 is 0 Å². The van der Waals surface area contributed by atoms with E-state index in [0.29, 0.717) is 36.9 Å². The lowest BCUT2D eigenvalue weighted by molar-refractivity contribution is 0.0303. The topological polar surface area (TPSA) is 42.4 Å². The van der Waals surface area contributed by atoms with Crippen molar-refractivity contribution in [1.82, 2.24) is 9.88 Å². The lowest BCUT2D eigenvalue weighted by Gasteiger charge is -2.27. The molecule has 0 atom stereocenters. The molecule has 0 bridgehead atoms. The van der Waals surface area contributed by atoms with Crippen molar-refractivity contribution < 1.29 is 9.53 Å². The Labute approximate surface area is 122 Å². The number of hydrogen-bond donors (Lipinski definition) is 0. The van der Waals surface area contributed by atoms with E-state index in [2.05, 4.69) is 4.98 Å². The number of aromatic nitrogens is 1. The van der Waals surface area contributed by atoms with Crippen molar-refractivity contribution in [2.24, 2.45) is 0 Å². The highest BCUT2D eigenvalue weighted by Gasteiger charge is 2.22. The number of nitrogens with zero attached hydrogens (tertiary/aromatic N) is 2. The summed E-state index contributed by atoms with van der Waals surface area (Å²) < 4.78 is 5.26. The average Bonchev–Trinajstić information content (AvgIpc) is 2.48. The number of fused-ring (bicyclic) bond motifs is 1. The summed E-state index contributed by atoms with van der Waals surface area (Å²) in [5.74, 6) is -0.0748. The van der Waals surface area contributed by atoms with Gasteiger partial charge in [0.25, 0.3) is 5.91 Å². The maximum Gasteiger partial charge on any atom is 0.257 e. The summed E-state index contributed by atoms with van der Waals surface area (Å²) in [4.78, 5) is 18.6. The van der Waals surface area contributed by atoms with E-state index >= 15 is 0 Å². The molecule has 104 valence electrons. The molecule has 1 aromatic carbocycles. The maximum absolute atomic E-state index is 12.5. The average molecular weight is 291 g/mol. The molecular formula is C15H15ClN2O2. The molecule has 0 unspecified atom stereocenters. The number of carbonyl (C=O) groups is 1. The van der Waals surface area contributed by atoms with Gasteiger partial charge in [-0.25, -0.2) is 0 Å². The van der Waals surface area contributed by atoms with Gasteiger partial charge in [0.05, 0.1) is 29.3 Å². The molecule has 3 rings (SSSR count). The molecule has 1 saturated heterocycles. The first kappa shape index (κ1) is 13.3. The molecule has 2 aromatic rings. The Balaban J connectivity index is 2.02. The predicted molar refractivity (Wildman–Crippen MR) is 78.2 cm³/mol. The fraction of sp³-hybridized carbons (Fsp3) is 0.333. The number of amides is 1. The van der Waals surface area contributed by atoms with Gasteiger partial charge in [-0.05, 0) is 19.1 Å². The highest BCUT2D eigenvalue weighted by molar-refractivity contribution is 6.38. The molecule has 1 aromatic heterocycles. The van der Waals surface area contributed by atoms with Crippen LogP contribution in [0, 0.1) is 6.92 Å². The number of halogens is 1. The van der Waals surface area contributed by atoms with Crippen LogP contribution >= 0.6 is 11.6 Å². The van der Waals surface area contributed by atoms with Crippen molar-refractivity contribution in [3.8, 4) is 0 Å². The van der Waals surface area contributed by atoms with Crippen molar-refractivity contribution in [3.63, 3.8) is 0 Å². The van der Waals surface area contributed by atoms with Crippen LogP contribution in [0.5, 0.6) is 0 Å². The van der Waals surface area contributed by atoms with Crippen molar-refractivity contribution >= 4 is 28.4 Å². The number of carbonyl (C=O) groups excluding carboxylic acids is 1. The minimum absolute atomic E-state index is 0.0748. The second-order valence-electron chi connectivity index (χ2n) is 4.91. The summed E-state index contributed by atoms with van der Waals surface area (Å²) >= 11 is 6.41. The molecule has 2 heterocycles. The van der Waals surface area contributed by atoms with Gasteiger partial charge in [-0.15, -0.1) is 0 Å². The first-order valence-corrected chi connectivity index (χ1v) is 6.96. The molecule has 1 fully saturated rings. The highest BCUT2D eigenvalue weighted by Crippen LogP contribution is 2.27. The number of aryl methyl sites for hydroxylation is 1. The summed E-state index contributed by atoms with van der Waals surface area (Å²) in [6, 6.07) is 5.86. The van der Waals surface area contributed by atoms with E-state index in [9.17, 15) is 4.79 Å². The molecule has 0 saturated carbocycles. The molecule has 0 spiro atoms. The van der Waals surface area contributed by atoms with Crippen LogP contribution in [-0.4, -0.2) is 42.1 Å². The molecule has 1 aliphatic rings. The Morgan fingerprint density at radius 1 is 1.35 bits per heavy atom. The smallest absolute Gasteiger partial charge is 0.257 e. The Kier molecular flexibility index (Phi) is 3.59. The van der Waals surface area contributed by atoms with Gasteiger partial charge in [-0.3, -0.25) is 9.78 Å². The minimum Gasteiger partial charge on any atom is -0.378 e. The van der Waals surface area contributed by atoms with Gasteiger partial charge in [0.2, 0.25) is 0 Å². The van der Waals surface area contributed by atoms with Crippen molar-refractivity contribution in [1.29, 1.82) is 0 Å². The van der Waals surface area contributed by atoms with Crippen LogP contribution in [0.3, 0.4) is 0 Å². The maximum atomic E-state index is 12.5. The van der Waals surface area contributed by atoms with Gasteiger partial charge in [-0.1, -0.05) is 23.2 Å². The third-order valence-electron chi connectivity index (χ3n) is 3.49. The molecule has 0 radical (unpaired) electrons. The minimum atomic E-state index is -0.0748. The third kappa shape index (κ3) is 2.37. The van der Waals surface area contributed by atoms with E-state index in [4.69, 9.17) is 16.3 Å². The lowest BCUT2D eigenvalue weighted by Crippen LogP contribution is -2.40. The van der Waals surface area contributed by atoms with Gasteiger partial charge in [0.1, 0.15) is 0 Å². The SMILES string of the molecule is Cc1ccc2ncc(C(=O)N3CCOCC3)c(Cl)c2c1. The van der Waals surface area contributed by atoms with Gasteiger partial charge in [0.15, 0.2) is 0 Å². The molecule has 4 nitrogen and oxygen atoms in total. The summed E-state index contributed by atoms with van der Waals surface area (Å²) in [7, 11) is 0. The first-order chi connectivity index (χ1) is 9.66. The molecule has 1 aliphatic heterocycles. The number of morpholine rings is 1. The van der Waals surface area contributed by atoms with Crippen LogP contribution in [0.1, 0.15) is 15.9 Å². The summed E-state index contributed by atoms with van der Waals surface area (Å²) in [6.07, 6.45) is 1.57. The fourth-order valence-corrected chi connectivity index (χ4v) is 2.64. The number of hydrogen-bond acceptors (Lipinski definition) is 3. The van der Waals surface area contributed by atoms with Gasteiger partial charge < -0.3 is 9.64 Å². The molecule has 0 N–H and O–H groups in total. The van der Waals surface area contributed by atoms with Gasteiger partial charge in [-0.2, -0.15) is 0 Å². The van der Waals surface area contributed by atoms with Crippen molar-refractivity contribution in [2.75, 3.05) is 26.3 Å². The van der Waals surface area contributed by atoms with Crippen molar-refractivity contribution in [2.45, 2.75) is 6.92 Å². The lowest BCUT2D eigenvalue weighted by atomic mass is 10.1. The van der Waals surface area contributed by atoms with E-state index in [1.165, 1.54) is 0 Å². The third-order valence-corrected chi connectivity index (χ3v) is 3.89. The summed E-state index contributed by atoms with van der Waals surface area (Å²) in [5, 5.41) is 1.31. The summed E-state index contributed by atoms with van der Waals surface area (Å²) in [5.41, 5.74) is 2.36. The highest BCUT2D eigenvalue weighted by atomic mass is 35.5. The molecule has 20 heavy (non-hydrogen) atoms. The first-order valence-electron chi connectivity index (χ1n) is 6.59. The quantitative estimate of drug-likeness (QED) is 0.811. The van der Waals surface area contributed by atoms with Crippen LogP contribution in [0.15, 0.2) is 24.4 Å². The van der Waals surface area contributed by atoms with Crippen LogP contribution in [-0.2, 0) is 4.74 Å². The zero-order valence-corrected chi connectivity index (χ0v) is 12.0. The second-order valence-corrected chi connectivity index (χ2v) is 5.29. The Morgan fingerprint density at radius 2 is 2.10 bits per heavy atom. The van der Waals surface area contributed by atoms with Crippen LogP contribution < -0.4 is 0 Å². The number of pyridine rings is 1. The Morgan fingerprint density at radius 3 is 2.85 bits per heavy atom. The van der Waals surface area contributed by atoms with E-state index in [1.807, 2.05) is 25.1 Å². The largest absolute Gasteiger partial charge is 0.378 e. The molecule has 1 amide bonds. The van der Waals surface area contributed by atoms with Crippen molar-refractivity contribution in [3.05, 3.63) is 40.5 Å². The Bertz CT molecular complexity index is 666. The fourth-order valence-electron chi connectivity index (χ4n) is 2.36. The summed E-state index contributed by atoms with van der Waals surface area (Å²) in [6.45, 7) is 4.33. The van der Waals surface area contributed by atoms with Gasteiger partial charge in [0, 0.05) is 24.7 Å². The van der Waals surface area contributed by atoms with Crippen LogP contribution in [0.2, 0.25) is 5.02 Å². The number of ether oxygens (including phenoxy) is 1. The molecule has 5 heteroatoms. The predicted octanol–water partition coefficient (Wildman–Crippen LogP) is 2.67. The zero-order valence-electron chi connectivity index (χ0n) is 11.2. The standard InChI is InChI=1S/C15H15ClN2O2/c1-10-2-3-13-11(8-10)14(16)12(9-17-13)15(19)18-4-6-20-7-5-18/h2-3,8-9H,4-7H2,1H3.